The lowest BCUT2D eigenvalue weighted by Gasteiger charge is -2.02. The Morgan fingerprint density at radius 1 is 1.25 bits per heavy atom. The second kappa shape index (κ2) is 5.63. The molecule has 0 aromatic heterocycles. The van der Waals surface area contributed by atoms with Gasteiger partial charge in [-0.25, -0.2) is 9.59 Å². The fourth-order valence-electron chi connectivity index (χ4n) is 1.12. The van der Waals surface area contributed by atoms with Crippen molar-refractivity contribution in [1.82, 2.24) is 0 Å². The summed E-state index contributed by atoms with van der Waals surface area (Å²) in [5.41, 5.74) is -0.345. The molecule has 0 saturated heterocycles. The third kappa shape index (κ3) is 2.65. The highest BCUT2D eigenvalue weighted by molar-refractivity contribution is 6.28. The van der Waals surface area contributed by atoms with Gasteiger partial charge >= 0.3 is 5.97 Å². The summed E-state index contributed by atoms with van der Waals surface area (Å²) in [6, 6.07) is 8.03. The summed E-state index contributed by atoms with van der Waals surface area (Å²) in [5, 5.41) is 0. The summed E-state index contributed by atoms with van der Waals surface area (Å²) in [4.78, 5) is 33.5. The van der Waals surface area contributed by atoms with Gasteiger partial charge in [0.15, 0.2) is 5.57 Å². The number of hydrogen-bond acceptors (Lipinski definition) is 4. The van der Waals surface area contributed by atoms with Gasteiger partial charge in [0.05, 0.1) is 6.61 Å². The van der Waals surface area contributed by atoms with E-state index in [0.29, 0.717) is 0 Å². The Bertz CT molecular complexity index is 441. The Labute approximate surface area is 92.5 Å². The highest BCUT2D eigenvalue weighted by Crippen LogP contribution is 2.07. The van der Waals surface area contributed by atoms with E-state index in [9.17, 15) is 14.4 Å². The van der Waals surface area contributed by atoms with Crippen LogP contribution >= 0.6 is 0 Å². The average Bonchev–Trinajstić information content (AvgIpc) is 2.31. The highest BCUT2D eigenvalue weighted by Gasteiger charge is 2.22. The van der Waals surface area contributed by atoms with Crippen LogP contribution in [0, 0.1) is 0 Å². The van der Waals surface area contributed by atoms with Crippen molar-refractivity contribution in [2.45, 2.75) is 6.92 Å². The van der Waals surface area contributed by atoms with Crippen LogP contribution in [0.2, 0.25) is 0 Å². The number of ether oxygens (including phenoxy) is 1. The number of esters is 1. The van der Waals surface area contributed by atoms with Crippen LogP contribution in [-0.2, 0) is 14.3 Å². The van der Waals surface area contributed by atoms with Crippen molar-refractivity contribution in [3.63, 3.8) is 0 Å². The van der Waals surface area contributed by atoms with Gasteiger partial charge in [0.1, 0.15) is 5.94 Å². The van der Waals surface area contributed by atoms with Crippen LogP contribution in [0.1, 0.15) is 17.3 Å². The third-order valence-electron chi connectivity index (χ3n) is 1.84. The predicted octanol–water partition coefficient (Wildman–Crippen LogP) is 1.19. The zero-order valence-electron chi connectivity index (χ0n) is 8.73. The molecule has 1 aromatic rings. The Balaban J connectivity index is 2.96. The number of benzene rings is 1. The van der Waals surface area contributed by atoms with Crippen molar-refractivity contribution in [2.24, 2.45) is 0 Å². The van der Waals surface area contributed by atoms with Crippen LogP contribution < -0.4 is 0 Å². The molecule has 82 valence electrons. The van der Waals surface area contributed by atoms with Crippen molar-refractivity contribution in [3.8, 4) is 0 Å². The fraction of sp³-hybridized carbons (Fsp3) is 0.167. The molecular weight excluding hydrogens is 208 g/mol. The molecule has 0 aliphatic carbocycles. The molecule has 0 spiro atoms. The van der Waals surface area contributed by atoms with Gasteiger partial charge in [-0.05, 0) is 6.92 Å². The molecule has 0 fully saturated rings. The van der Waals surface area contributed by atoms with Gasteiger partial charge in [-0.2, -0.15) is 0 Å². The Morgan fingerprint density at radius 2 is 1.88 bits per heavy atom. The van der Waals surface area contributed by atoms with Crippen LogP contribution in [0.25, 0.3) is 0 Å². The summed E-state index contributed by atoms with van der Waals surface area (Å²) >= 11 is 0. The number of carbonyl (C=O) groups excluding carboxylic acids is 3. The first-order valence-electron chi connectivity index (χ1n) is 4.72. The number of ketones is 1. The minimum atomic E-state index is -0.939. The van der Waals surface area contributed by atoms with Gasteiger partial charge in [-0.3, -0.25) is 4.79 Å². The minimum Gasteiger partial charge on any atom is -0.462 e. The largest absolute Gasteiger partial charge is 0.462 e. The number of hydrogen-bond donors (Lipinski definition) is 0. The van der Waals surface area contributed by atoms with Gasteiger partial charge in [0.25, 0.3) is 0 Å². The van der Waals surface area contributed by atoms with Crippen molar-refractivity contribution in [2.75, 3.05) is 6.61 Å². The molecule has 16 heavy (non-hydrogen) atoms. The summed E-state index contributed by atoms with van der Waals surface area (Å²) in [6.07, 6.45) is 0. The van der Waals surface area contributed by atoms with Crippen molar-refractivity contribution in [3.05, 3.63) is 41.5 Å². The maximum absolute atomic E-state index is 11.7. The molecule has 0 aliphatic heterocycles. The molecule has 0 bridgehead atoms. The fourth-order valence-corrected chi connectivity index (χ4v) is 1.12. The Hall–Kier alpha value is -2.19. The van der Waals surface area contributed by atoms with Gasteiger partial charge in [-0.15, -0.1) is 0 Å². The first-order valence-corrected chi connectivity index (χ1v) is 4.72. The number of rotatable bonds is 4. The monoisotopic (exact) mass is 218 g/mol. The minimum absolute atomic E-state index is 0.103. The van der Waals surface area contributed by atoms with E-state index in [1.165, 1.54) is 18.1 Å². The van der Waals surface area contributed by atoms with Crippen molar-refractivity contribution < 1.29 is 19.1 Å². The van der Waals surface area contributed by atoms with E-state index in [1.807, 2.05) is 0 Å². The van der Waals surface area contributed by atoms with Gasteiger partial charge in [0, 0.05) is 5.56 Å². The van der Waals surface area contributed by atoms with Gasteiger partial charge in [0.2, 0.25) is 5.78 Å². The molecule has 0 N–H and O–H groups in total. The van der Waals surface area contributed by atoms with E-state index < -0.39 is 17.3 Å². The molecular formula is C12H10O4. The van der Waals surface area contributed by atoms with E-state index in [1.54, 1.807) is 25.1 Å². The number of carbonyl (C=O) groups is 2. The average molecular weight is 218 g/mol. The van der Waals surface area contributed by atoms with E-state index in [0.717, 1.165) is 0 Å². The molecule has 0 heterocycles. The molecule has 0 unspecified atom stereocenters. The number of Topliss-reactive ketones (excluding diaryl/α,β-unsaturated/α-hetero) is 1. The quantitative estimate of drug-likeness (QED) is 0.190. The third-order valence-corrected chi connectivity index (χ3v) is 1.84. The van der Waals surface area contributed by atoms with Crippen molar-refractivity contribution >= 4 is 17.7 Å². The standard InChI is InChI=1S/C12H10O4/c1-2-16-12(15)10(8-13)11(14)9-6-4-3-5-7-9/h3-7H,2H2,1H3. The molecule has 4 heteroatoms. The Kier molecular flexibility index (Phi) is 4.18. The van der Waals surface area contributed by atoms with Crippen LogP contribution in [-0.4, -0.2) is 24.3 Å². The molecule has 4 nitrogen and oxygen atoms in total. The molecule has 0 amide bonds. The summed E-state index contributed by atoms with van der Waals surface area (Å²) in [5.74, 6) is -0.283. The van der Waals surface area contributed by atoms with Gasteiger partial charge in [-0.1, -0.05) is 30.3 Å². The maximum Gasteiger partial charge on any atom is 0.353 e. The van der Waals surface area contributed by atoms with Crippen LogP contribution in [0.15, 0.2) is 35.9 Å². The zero-order valence-corrected chi connectivity index (χ0v) is 8.73. The second-order valence-electron chi connectivity index (χ2n) is 2.89. The van der Waals surface area contributed by atoms with Crippen LogP contribution in [0.5, 0.6) is 0 Å². The van der Waals surface area contributed by atoms with Crippen molar-refractivity contribution in [1.29, 1.82) is 0 Å². The summed E-state index contributed by atoms with van der Waals surface area (Å²) < 4.78 is 4.58. The molecule has 0 saturated carbocycles. The second-order valence-corrected chi connectivity index (χ2v) is 2.89. The SMILES string of the molecule is CCOC(=O)C(=C=O)C(=O)c1ccccc1. The molecule has 0 radical (unpaired) electrons. The summed E-state index contributed by atoms with van der Waals surface area (Å²) in [7, 11) is 0. The summed E-state index contributed by atoms with van der Waals surface area (Å²) in [6.45, 7) is 1.69. The molecule has 1 aromatic carbocycles. The van der Waals surface area contributed by atoms with E-state index in [4.69, 9.17) is 0 Å². The van der Waals surface area contributed by atoms with Crippen LogP contribution in [0.4, 0.5) is 0 Å². The highest BCUT2D eigenvalue weighted by atomic mass is 16.5. The lowest BCUT2D eigenvalue weighted by molar-refractivity contribution is -0.137. The smallest absolute Gasteiger partial charge is 0.353 e. The molecule has 1 rings (SSSR count). The molecule has 0 atom stereocenters. The van der Waals surface area contributed by atoms with E-state index in [2.05, 4.69) is 4.74 Å². The lowest BCUT2D eigenvalue weighted by Crippen LogP contribution is -2.16. The first kappa shape index (κ1) is 11.9. The van der Waals surface area contributed by atoms with E-state index >= 15 is 0 Å². The normalized spacial score (nSPS) is 9.06. The van der Waals surface area contributed by atoms with Gasteiger partial charge < -0.3 is 4.74 Å². The molecule has 0 aliphatic rings. The predicted molar refractivity (Wildman–Crippen MR) is 56.6 cm³/mol. The maximum atomic E-state index is 11.7. The zero-order chi connectivity index (χ0) is 12.0. The first-order chi connectivity index (χ1) is 7.70. The lowest BCUT2D eigenvalue weighted by atomic mass is 10.1. The van der Waals surface area contributed by atoms with Crippen LogP contribution in [0.3, 0.4) is 0 Å². The Morgan fingerprint density at radius 3 is 2.38 bits per heavy atom. The topological polar surface area (TPSA) is 60.4 Å². The van der Waals surface area contributed by atoms with E-state index in [-0.39, 0.29) is 12.2 Å².